The maximum absolute atomic E-state index is 4.33. The number of guanidine groups is 1. The first-order valence-corrected chi connectivity index (χ1v) is 8.97. The van der Waals surface area contributed by atoms with E-state index >= 15 is 0 Å². The molecule has 3 nitrogen and oxygen atoms in total. The Bertz CT molecular complexity index is 363. The van der Waals surface area contributed by atoms with Crippen LogP contribution >= 0.6 is 35.7 Å². The number of hydrogen-bond donors (Lipinski definition) is 2. The van der Waals surface area contributed by atoms with E-state index in [1.54, 1.807) is 5.57 Å². The zero-order valence-electron chi connectivity index (χ0n) is 13.4. The van der Waals surface area contributed by atoms with Crippen LogP contribution in [-0.2, 0) is 0 Å². The van der Waals surface area contributed by atoms with Crippen molar-refractivity contribution in [3.63, 3.8) is 0 Å². The Labute approximate surface area is 151 Å². The Balaban J connectivity index is 0.00000220. The number of nitrogens with zero attached hydrogens (tertiary/aromatic N) is 1. The summed E-state index contributed by atoms with van der Waals surface area (Å²) in [6, 6.07) is 0. The van der Waals surface area contributed by atoms with Gasteiger partial charge in [-0.05, 0) is 57.6 Å². The predicted octanol–water partition coefficient (Wildman–Crippen LogP) is 3.95. The van der Waals surface area contributed by atoms with Gasteiger partial charge in [0, 0.05) is 24.9 Å². The highest BCUT2D eigenvalue weighted by Crippen LogP contribution is 2.36. The summed E-state index contributed by atoms with van der Waals surface area (Å²) in [4.78, 5) is 4.33. The van der Waals surface area contributed by atoms with Crippen molar-refractivity contribution in [2.45, 2.75) is 56.6 Å². The average Bonchev–Trinajstić information content (AvgIpc) is 2.91. The molecule has 1 fully saturated rings. The minimum absolute atomic E-state index is 0. The van der Waals surface area contributed by atoms with Crippen molar-refractivity contribution in [3.8, 4) is 0 Å². The Hall–Kier alpha value is 0.0900. The molecule has 5 heteroatoms. The summed E-state index contributed by atoms with van der Waals surface area (Å²) >= 11 is 2.09. The molecule has 2 aliphatic rings. The van der Waals surface area contributed by atoms with Gasteiger partial charge in [0.1, 0.15) is 0 Å². The molecular weight excluding hydrogens is 393 g/mol. The van der Waals surface area contributed by atoms with Crippen LogP contribution < -0.4 is 10.6 Å². The lowest BCUT2D eigenvalue weighted by Crippen LogP contribution is -2.43. The molecule has 1 saturated heterocycles. The Kier molecular flexibility index (Phi) is 9.09. The highest BCUT2D eigenvalue weighted by atomic mass is 127. The monoisotopic (exact) mass is 423 g/mol. The number of halogens is 1. The maximum Gasteiger partial charge on any atom is 0.191 e. The van der Waals surface area contributed by atoms with Gasteiger partial charge in [-0.25, -0.2) is 0 Å². The van der Waals surface area contributed by atoms with E-state index < -0.39 is 0 Å². The van der Waals surface area contributed by atoms with E-state index in [1.807, 2.05) is 7.05 Å². The number of nitrogens with one attached hydrogen (secondary N) is 2. The Morgan fingerprint density at radius 3 is 2.81 bits per heavy atom. The van der Waals surface area contributed by atoms with Crippen molar-refractivity contribution < 1.29 is 0 Å². The molecule has 0 aromatic carbocycles. The lowest BCUT2D eigenvalue weighted by Gasteiger charge is -2.24. The minimum atomic E-state index is 0. The molecule has 2 rings (SSSR count). The van der Waals surface area contributed by atoms with Crippen LogP contribution in [0.5, 0.6) is 0 Å². The van der Waals surface area contributed by atoms with Crippen LogP contribution in [0.3, 0.4) is 0 Å². The predicted molar refractivity (Wildman–Crippen MR) is 106 cm³/mol. The zero-order valence-corrected chi connectivity index (χ0v) is 16.6. The van der Waals surface area contributed by atoms with Crippen LogP contribution in [0.1, 0.15) is 51.9 Å². The third-order valence-corrected chi connectivity index (χ3v) is 5.82. The molecule has 1 heterocycles. The molecule has 0 saturated carbocycles. The Morgan fingerprint density at radius 1 is 1.33 bits per heavy atom. The van der Waals surface area contributed by atoms with Crippen LogP contribution in [0.2, 0.25) is 0 Å². The van der Waals surface area contributed by atoms with Crippen molar-refractivity contribution in [3.05, 3.63) is 11.6 Å². The summed E-state index contributed by atoms with van der Waals surface area (Å²) in [6.07, 6.45) is 11.6. The van der Waals surface area contributed by atoms with E-state index in [1.165, 1.54) is 44.3 Å². The molecule has 2 N–H and O–H groups in total. The van der Waals surface area contributed by atoms with Gasteiger partial charge < -0.3 is 10.6 Å². The molecule has 1 aliphatic carbocycles. The molecule has 0 radical (unpaired) electrons. The van der Waals surface area contributed by atoms with Gasteiger partial charge in [-0.1, -0.05) is 11.6 Å². The molecule has 1 aliphatic heterocycles. The SMILES string of the molecule is CN=C(NCCC1=CCCCC1)NCC1(C)CCCS1.I. The summed E-state index contributed by atoms with van der Waals surface area (Å²) in [6.45, 7) is 4.37. The fourth-order valence-corrected chi connectivity index (χ4v) is 4.19. The second kappa shape index (κ2) is 9.98. The van der Waals surface area contributed by atoms with Crippen LogP contribution in [0, 0.1) is 0 Å². The highest BCUT2D eigenvalue weighted by molar-refractivity contribution is 14.0. The highest BCUT2D eigenvalue weighted by Gasteiger charge is 2.29. The first-order chi connectivity index (χ1) is 9.72. The number of aliphatic imine (C=N–C) groups is 1. The summed E-state index contributed by atoms with van der Waals surface area (Å²) in [7, 11) is 1.86. The first-order valence-electron chi connectivity index (χ1n) is 7.98. The fourth-order valence-electron chi connectivity index (χ4n) is 2.94. The van der Waals surface area contributed by atoms with E-state index in [0.717, 1.165) is 25.5 Å². The Morgan fingerprint density at radius 2 is 2.19 bits per heavy atom. The van der Waals surface area contributed by atoms with Crippen molar-refractivity contribution >= 4 is 41.7 Å². The lowest BCUT2D eigenvalue weighted by molar-refractivity contribution is 0.584. The zero-order chi connectivity index (χ0) is 14.3. The van der Waals surface area contributed by atoms with Gasteiger partial charge in [0.05, 0.1) is 0 Å². The van der Waals surface area contributed by atoms with Gasteiger partial charge in [0.2, 0.25) is 0 Å². The molecule has 0 amide bonds. The first kappa shape index (κ1) is 19.1. The molecule has 1 atom stereocenters. The van der Waals surface area contributed by atoms with Crippen molar-refractivity contribution in [2.24, 2.45) is 4.99 Å². The van der Waals surface area contributed by atoms with Crippen LogP contribution in [-0.4, -0.2) is 36.6 Å². The molecule has 1 unspecified atom stereocenters. The van der Waals surface area contributed by atoms with Crippen molar-refractivity contribution in [1.29, 1.82) is 0 Å². The molecular formula is C16H30IN3S. The van der Waals surface area contributed by atoms with Crippen molar-refractivity contribution in [2.75, 3.05) is 25.9 Å². The van der Waals surface area contributed by atoms with E-state index in [4.69, 9.17) is 0 Å². The van der Waals surface area contributed by atoms with E-state index in [-0.39, 0.29) is 24.0 Å². The van der Waals surface area contributed by atoms with Crippen molar-refractivity contribution in [1.82, 2.24) is 10.6 Å². The minimum Gasteiger partial charge on any atom is -0.356 e. The van der Waals surface area contributed by atoms with Gasteiger partial charge in [0.15, 0.2) is 5.96 Å². The van der Waals surface area contributed by atoms with Gasteiger partial charge in [0.25, 0.3) is 0 Å². The smallest absolute Gasteiger partial charge is 0.191 e. The third kappa shape index (κ3) is 6.80. The van der Waals surface area contributed by atoms with E-state index in [0.29, 0.717) is 4.75 Å². The molecule has 21 heavy (non-hydrogen) atoms. The average molecular weight is 423 g/mol. The number of allylic oxidation sites excluding steroid dienone is 1. The normalized spacial score (nSPS) is 26.0. The topological polar surface area (TPSA) is 36.4 Å². The van der Waals surface area contributed by atoms with E-state index in [2.05, 4.69) is 40.4 Å². The summed E-state index contributed by atoms with van der Waals surface area (Å²) in [5.74, 6) is 2.26. The van der Waals surface area contributed by atoms with Crippen LogP contribution in [0.4, 0.5) is 0 Å². The molecule has 0 spiro atoms. The second-order valence-electron chi connectivity index (χ2n) is 6.11. The molecule has 0 aromatic heterocycles. The summed E-state index contributed by atoms with van der Waals surface area (Å²) in [5, 5.41) is 6.93. The van der Waals surface area contributed by atoms with E-state index in [9.17, 15) is 0 Å². The molecule has 0 bridgehead atoms. The number of rotatable bonds is 5. The second-order valence-corrected chi connectivity index (χ2v) is 7.80. The maximum atomic E-state index is 4.33. The van der Waals surface area contributed by atoms with Crippen LogP contribution in [0.15, 0.2) is 16.6 Å². The standard InChI is InChI=1S/C16H29N3S.HI/c1-16(10-6-12-20-16)13-19-15(17-2)18-11-9-14-7-4-3-5-8-14;/h7H,3-6,8-13H2,1-2H3,(H2,17,18,19);1H. The largest absolute Gasteiger partial charge is 0.356 e. The quantitative estimate of drug-likeness (QED) is 0.304. The summed E-state index contributed by atoms with van der Waals surface area (Å²) < 4.78 is 0.392. The molecule has 0 aromatic rings. The summed E-state index contributed by atoms with van der Waals surface area (Å²) in [5.41, 5.74) is 1.62. The van der Waals surface area contributed by atoms with Crippen LogP contribution in [0.25, 0.3) is 0 Å². The van der Waals surface area contributed by atoms with Gasteiger partial charge in [-0.15, -0.1) is 24.0 Å². The third-order valence-electron chi connectivity index (χ3n) is 4.28. The fraction of sp³-hybridized carbons (Fsp3) is 0.812. The number of hydrogen-bond acceptors (Lipinski definition) is 2. The number of thioether (sulfide) groups is 1. The van der Waals surface area contributed by atoms with Gasteiger partial charge >= 0.3 is 0 Å². The lowest BCUT2D eigenvalue weighted by atomic mass is 9.97. The van der Waals surface area contributed by atoms with Gasteiger partial charge in [-0.3, -0.25) is 4.99 Å². The molecule has 122 valence electrons. The van der Waals surface area contributed by atoms with Gasteiger partial charge in [-0.2, -0.15) is 11.8 Å².